The van der Waals surface area contributed by atoms with Gasteiger partial charge in [-0.3, -0.25) is 14.4 Å². The standard InChI is InChI=1S/C20H16O8/c1-8(21)16-10(4-13(23)7-15(25)26)2-9-3-11-5-12(22)6-14(24)17(11)20(28)18(9)19(16)27/h2,4-6,22-24,27H,3,7H2,1H3,(H,25,26)/b13-4+. The van der Waals surface area contributed by atoms with Crippen molar-refractivity contribution in [3.05, 3.63) is 57.3 Å². The maximum absolute atomic E-state index is 12.9. The number of rotatable bonds is 4. The summed E-state index contributed by atoms with van der Waals surface area (Å²) in [6, 6.07) is 3.71. The normalized spacial score (nSPS) is 13.0. The zero-order valence-electron chi connectivity index (χ0n) is 14.7. The van der Waals surface area contributed by atoms with Gasteiger partial charge in [0.15, 0.2) is 5.78 Å². The van der Waals surface area contributed by atoms with E-state index >= 15 is 0 Å². The summed E-state index contributed by atoms with van der Waals surface area (Å²) in [5.74, 6) is -4.42. The molecular formula is C20H16O8. The minimum atomic E-state index is -1.28. The average molecular weight is 384 g/mol. The van der Waals surface area contributed by atoms with E-state index in [-0.39, 0.29) is 34.4 Å². The molecule has 8 heteroatoms. The summed E-state index contributed by atoms with van der Waals surface area (Å²) in [6.45, 7) is 1.16. The molecule has 2 aromatic rings. The summed E-state index contributed by atoms with van der Waals surface area (Å²) in [6.07, 6.45) is 0.425. The first kappa shape index (κ1) is 19.0. The molecule has 5 N–H and O–H groups in total. The van der Waals surface area contributed by atoms with Crippen LogP contribution in [0, 0.1) is 0 Å². The molecule has 0 heterocycles. The first-order valence-electron chi connectivity index (χ1n) is 8.20. The lowest BCUT2D eigenvalue weighted by molar-refractivity contribution is -0.136. The Balaban J connectivity index is 2.25. The maximum atomic E-state index is 12.9. The second-order valence-electron chi connectivity index (χ2n) is 6.49. The molecule has 1 aliphatic rings. The van der Waals surface area contributed by atoms with Crippen LogP contribution in [-0.4, -0.2) is 43.1 Å². The molecule has 28 heavy (non-hydrogen) atoms. The molecule has 144 valence electrons. The van der Waals surface area contributed by atoms with Crippen LogP contribution >= 0.6 is 0 Å². The maximum Gasteiger partial charge on any atom is 0.311 e. The van der Waals surface area contributed by atoms with Crippen molar-refractivity contribution in [2.75, 3.05) is 0 Å². The first-order chi connectivity index (χ1) is 13.1. The fraction of sp³-hybridized carbons (Fsp3) is 0.150. The number of phenols is 3. The van der Waals surface area contributed by atoms with E-state index < -0.39 is 41.2 Å². The molecule has 0 unspecified atom stereocenters. The summed E-state index contributed by atoms with van der Waals surface area (Å²) < 4.78 is 0. The molecule has 0 spiro atoms. The topological polar surface area (TPSA) is 152 Å². The van der Waals surface area contributed by atoms with Gasteiger partial charge in [-0.05, 0) is 48.2 Å². The smallest absolute Gasteiger partial charge is 0.311 e. The first-order valence-corrected chi connectivity index (χ1v) is 8.20. The summed E-state index contributed by atoms with van der Waals surface area (Å²) in [4.78, 5) is 35.7. The van der Waals surface area contributed by atoms with Crippen molar-refractivity contribution in [1.29, 1.82) is 0 Å². The highest BCUT2D eigenvalue weighted by atomic mass is 16.4. The van der Waals surface area contributed by atoms with Gasteiger partial charge in [0, 0.05) is 6.07 Å². The Morgan fingerprint density at radius 2 is 1.68 bits per heavy atom. The number of carbonyl (C=O) groups excluding carboxylic acids is 2. The third kappa shape index (κ3) is 3.16. The van der Waals surface area contributed by atoms with Crippen LogP contribution in [0.25, 0.3) is 6.08 Å². The average Bonchev–Trinajstić information content (AvgIpc) is 2.51. The third-order valence-electron chi connectivity index (χ3n) is 4.44. The van der Waals surface area contributed by atoms with E-state index in [1.54, 1.807) is 0 Å². The van der Waals surface area contributed by atoms with Crippen LogP contribution in [0.15, 0.2) is 24.0 Å². The summed E-state index contributed by atoms with van der Waals surface area (Å²) in [5.41, 5.74) is 0.212. The Kier molecular flexibility index (Phi) is 4.56. The van der Waals surface area contributed by atoms with Crippen LogP contribution in [0.1, 0.15) is 56.3 Å². The van der Waals surface area contributed by atoms with E-state index in [9.17, 15) is 34.8 Å². The number of benzene rings is 2. The Morgan fingerprint density at radius 3 is 2.29 bits per heavy atom. The highest BCUT2D eigenvalue weighted by Gasteiger charge is 2.32. The number of Topliss-reactive ketones (excluding diaryl/α,β-unsaturated/α-hetero) is 1. The van der Waals surface area contributed by atoms with E-state index in [1.807, 2.05) is 0 Å². The van der Waals surface area contributed by atoms with Gasteiger partial charge in [0.05, 0.1) is 16.7 Å². The Hall–Kier alpha value is -3.81. The highest BCUT2D eigenvalue weighted by Crippen LogP contribution is 2.41. The number of aliphatic hydroxyl groups excluding tert-OH is 1. The Morgan fingerprint density at radius 1 is 1.04 bits per heavy atom. The number of carbonyl (C=O) groups is 3. The molecule has 8 nitrogen and oxygen atoms in total. The number of hydrogen-bond acceptors (Lipinski definition) is 7. The number of aliphatic carboxylic acids is 1. The predicted molar refractivity (Wildman–Crippen MR) is 97.0 cm³/mol. The van der Waals surface area contributed by atoms with Gasteiger partial charge >= 0.3 is 5.97 Å². The number of hydrogen-bond donors (Lipinski definition) is 5. The second-order valence-corrected chi connectivity index (χ2v) is 6.49. The molecule has 0 saturated carbocycles. The van der Waals surface area contributed by atoms with Crippen molar-refractivity contribution < 1.29 is 39.9 Å². The van der Waals surface area contributed by atoms with E-state index in [0.717, 1.165) is 19.1 Å². The van der Waals surface area contributed by atoms with Gasteiger partial charge < -0.3 is 25.5 Å². The van der Waals surface area contributed by atoms with E-state index in [4.69, 9.17) is 5.11 Å². The molecule has 0 aliphatic heterocycles. The van der Waals surface area contributed by atoms with Crippen molar-refractivity contribution in [1.82, 2.24) is 0 Å². The van der Waals surface area contributed by atoms with Gasteiger partial charge in [-0.2, -0.15) is 0 Å². The molecule has 0 atom stereocenters. The monoisotopic (exact) mass is 384 g/mol. The quantitative estimate of drug-likeness (QED) is 0.340. The molecule has 0 saturated heterocycles. The molecule has 0 fully saturated rings. The molecule has 3 rings (SSSR count). The summed E-state index contributed by atoms with van der Waals surface area (Å²) in [5, 5.41) is 48.9. The van der Waals surface area contributed by atoms with Crippen LogP contribution in [0.3, 0.4) is 0 Å². The lowest BCUT2D eigenvalue weighted by atomic mass is 9.81. The van der Waals surface area contributed by atoms with Crippen LogP contribution in [-0.2, 0) is 11.2 Å². The third-order valence-corrected chi connectivity index (χ3v) is 4.44. The number of phenolic OH excluding ortho intramolecular Hbond substituents is 3. The van der Waals surface area contributed by atoms with Crippen LogP contribution < -0.4 is 0 Å². The number of carboxylic acids is 1. The fourth-order valence-corrected chi connectivity index (χ4v) is 3.41. The lowest BCUT2D eigenvalue weighted by Crippen LogP contribution is -2.17. The SMILES string of the molecule is CC(=O)c1c(/C=C(/O)CC(=O)O)cc2c(c1O)C(=O)c1c(O)cc(O)cc1C2. The molecule has 2 aromatic carbocycles. The second kappa shape index (κ2) is 6.73. The molecule has 0 amide bonds. The van der Waals surface area contributed by atoms with E-state index in [2.05, 4.69) is 0 Å². The zero-order chi connectivity index (χ0) is 20.7. The van der Waals surface area contributed by atoms with Crippen LogP contribution in [0.2, 0.25) is 0 Å². The van der Waals surface area contributed by atoms with Crippen LogP contribution in [0.5, 0.6) is 17.2 Å². The van der Waals surface area contributed by atoms with Gasteiger partial charge in [0.2, 0.25) is 5.78 Å². The van der Waals surface area contributed by atoms with Gasteiger partial charge in [0.1, 0.15) is 29.4 Å². The Labute approximate surface area is 158 Å². The lowest BCUT2D eigenvalue weighted by Gasteiger charge is -2.22. The summed E-state index contributed by atoms with van der Waals surface area (Å²) in [7, 11) is 0. The number of carboxylic acid groups (broad SMARTS) is 1. The van der Waals surface area contributed by atoms with Crippen LogP contribution in [0.4, 0.5) is 0 Å². The minimum absolute atomic E-state index is 0.0584. The van der Waals surface area contributed by atoms with Gasteiger partial charge in [0.25, 0.3) is 0 Å². The highest BCUT2D eigenvalue weighted by molar-refractivity contribution is 6.17. The zero-order valence-corrected chi connectivity index (χ0v) is 14.7. The molecule has 0 aromatic heterocycles. The molecule has 0 radical (unpaired) electrons. The largest absolute Gasteiger partial charge is 0.512 e. The van der Waals surface area contributed by atoms with E-state index in [1.165, 1.54) is 12.1 Å². The fourth-order valence-electron chi connectivity index (χ4n) is 3.41. The van der Waals surface area contributed by atoms with Crippen molar-refractivity contribution in [2.24, 2.45) is 0 Å². The minimum Gasteiger partial charge on any atom is -0.512 e. The number of aromatic hydroxyl groups is 3. The number of ketones is 2. The molecule has 1 aliphatic carbocycles. The predicted octanol–water partition coefficient (Wildman–Crippen LogP) is 2.51. The van der Waals surface area contributed by atoms with Crippen molar-refractivity contribution in [2.45, 2.75) is 19.8 Å². The van der Waals surface area contributed by atoms with Gasteiger partial charge in [-0.25, -0.2) is 0 Å². The van der Waals surface area contributed by atoms with Crippen molar-refractivity contribution in [3.63, 3.8) is 0 Å². The number of aliphatic hydroxyl groups is 1. The van der Waals surface area contributed by atoms with E-state index in [0.29, 0.717) is 11.1 Å². The van der Waals surface area contributed by atoms with Gasteiger partial charge in [-0.1, -0.05) is 0 Å². The van der Waals surface area contributed by atoms with Crippen molar-refractivity contribution in [3.8, 4) is 17.2 Å². The molecule has 0 bridgehead atoms. The Bertz CT molecular complexity index is 1080. The van der Waals surface area contributed by atoms with Crippen molar-refractivity contribution >= 4 is 23.6 Å². The number of fused-ring (bicyclic) bond motifs is 2. The molecular weight excluding hydrogens is 368 g/mol. The van der Waals surface area contributed by atoms with Gasteiger partial charge in [-0.15, -0.1) is 0 Å². The summed E-state index contributed by atoms with van der Waals surface area (Å²) >= 11 is 0.